The van der Waals surface area contributed by atoms with E-state index < -0.39 is 0 Å². The minimum Gasteiger partial charge on any atom is -0.385 e. The molecule has 2 aliphatic carbocycles. The fourth-order valence-corrected chi connectivity index (χ4v) is 5.67. The Kier molecular flexibility index (Phi) is 8.27. The molecule has 2 aliphatic heterocycles. The zero-order valence-electron chi connectivity index (χ0n) is 17.5. The minimum atomic E-state index is 0. The van der Waals surface area contributed by atoms with Gasteiger partial charge in [-0.05, 0) is 45.4 Å². The van der Waals surface area contributed by atoms with E-state index in [1.807, 2.05) is 0 Å². The topological polar surface area (TPSA) is 55.3 Å². The summed E-state index contributed by atoms with van der Waals surface area (Å²) >= 11 is 0. The zero-order valence-corrected chi connectivity index (χ0v) is 19.9. The Balaban J connectivity index is 0.00000225. The second kappa shape index (κ2) is 10.3. The third kappa shape index (κ3) is 4.32. The standard InChI is InChI=1S/C21H37N3O3.HI/c1-3-22-20(24-11-6-16(7-12-24)26-14-5-13-25-2)23-18-17-8-15-27-19(17)21(18)9-4-10-21;/h16-19H,3-15H2,1-2H3,(H,22,23);1H. The summed E-state index contributed by atoms with van der Waals surface area (Å²) in [6.07, 6.45) is 9.26. The highest BCUT2D eigenvalue weighted by Gasteiger charge is 2.66. The fourth-order valence-electron chi connectivity index (χ4n) is 5.67. The number of guanidine groups is 1. The van der Waals surface area contributed by atoms with Crippen LogP contribution >= 0.6 is 24.0 Å². The van der Waals surface area contributed by atoms with Crippen LogP contribution in [0.1, 0.15) is 51.9 Å². The van der Waals surface area contributed by atoms with Crippen LogP contribution in [0.3, 0.4) is 0 Å². The molecule has 4 rings (SSSR count). The summed E-state index contributed by atoms with van der Waals surface area (Å²) in [4.78, 5) is 7.31. The van der Waals surface area contributed by atoms with Gasteiger partial charge in [0.25, 0.3) is 0 Å². The first-order valence-corrected chi connectivity index (χ1v) is 11.1. The number of ether oxygens (including phenoxy) is 3. The van der Waals surface area contributed by atoms with Crippen LogP contribution < -0.4 is 5.32 Å². The SMILES string of the molecule is CCN=C(NC1C2CCOC2C12CCC2)N1CCC(OCCCOC)CC1.I. The average molecular weight is 507 g/mol. The van der Waals surface area contributed by atoms with Crippen LogP contribution in [-0.2, 0) is 14.2 Å². The first-order valence-electron chi connectivity index (χ1n) is 11.1. The highest BCUT2D eigenvalue weighted by molar-refractivity contribution is 14.0. The van der Waals surface area contributed by atoms with E-state index in [0.717, 1.165) is 64.7 Å². The number of piperidine rings is 1. The molecule has 4 aliphatic rings. The largest absolute Gasteiger partial charge is 0.385 e. The predicted octanol–water partition coefficient (Wildman–Crippen LogP) is 3.05. The van der Waals surface area contributed by atoms with E-state index in [1.54, 1.807) is 7.11 Å². The Morgan fingerprint density at radius 2 is 2.00 bits per heavy atom. The Morgan fingerprint density at radius 3 is 2.64 bits per heavy atom. The quantitative estimate of drug-likeness (QED) is 0.249. The van der Waals surface area contributed by atoms with Gasteiger partial charge in [0.05, 0.1) is 12.2 Å². The van der Waals surface area contributed by atoms with Crippen molar-refractivity contribution in [2.45, 2.75) is 70.1 Å². The van der Waals surface area contributed by atoms with E-state index in [1.165, 1.54) is 25.7 Å². The Bertz CT molecular complexity index is 521. The predicted molar refractivity (Wildman–Crippen MR) is 121 cm³/mol. The average Bonchev–Trinajstić information content (AvgIpc) is 3.06. The van der Waals surface area contributed by atoms with Crippen LogP contribution in [0.25, 0.3) is 0 Å². The van der Waals surface area contributed by atoms with Crippen molar-refractivity contribution >= 4 is 29.9 Å². The summed E-state index contributed by atoms with van der Waals surface area (Å²) in [6.45, 7) is 7.57. The van der Waals surface area contributed by atoms with Crippen molar-refractivity contribution in [3.05, 3.63) is 0 Å². The lowest BCUT2D eigenvalue weighted by Gasteiger charge is -2.63. The highest BCUT2D eigenvalue weighted by atomic mass is 127. The number of hydrogen-bond donors (Lipinski definition) is 1. The first-order chi connectivity index (χ1) is 13.3. The summed E-state index contributed by atoms with van der Waals surface area (Å²) < 4.78 is 17.2. The van der Waals surface area contributed by atoms with Gasteiger partial charge in [0.1, 0.15) is 0 Å². The lowest BCUT2D eigenvalue weighted by molar-refractivity contribution is -0.171. The molecule has 1 N–H and O–H groups in total. The van der Waals surface area contributed by atoms with Crippen LogP contribution in [0, 0.1) is 11.3 Å². The van der Waals surface area contributed by atoms with E-state index >= 15 is 0 Å². The van der Waals surface area contributed by atoms with E-state index in [9.17, 15) is 0 Å². The number of fused-ring (bicyclic) bond motifs is 2. The van der Waals surface area contributed by atoms with Gasteiger partial charge in [-0.3, -0.25) is 4.99 Å². The van der Waals surface area contributed by atoms with Crippen molar-refractivity contribution in [2.24, 2.45) is 16.3 Å². The second-order valence-electron chi connectivity index (χ2n) is 8.65. The van der Waals surface area contributed by atoms with Gasteiger partial charge in [0.15, 0.2) is 5.96 Å². The van der Waals surface area contributed by atoms with Crippen LogP contribution in [0.2, 0.25) is 0 Å². The molecule has 4 fully saturated rings. The summed E-state index contributed by atoms with van der Waals surface area (Å²) in [5, 5.41) is 3.90. The van der Waals surface area contributed by atoms with Gasteiger partial charge in [-0.15, -0.1) is 24.0 Å². The van der Waals surface area contributed by atoms with Gasteiger partial charge in [-0.25, -0.2) is 0 Å². The Hall–Kier alpha value is -0.120. The number of hydrogen-bond acceptors (Lipinski definition) is 4. The molecule has 2 saturated heterocycles. The molecule has 0 aromatic carbocycles. The van der Waals surface area contributed by atoms with Crippen molar-refractivity contribution in [2.75, 3.05) is 46.6 Å². The number of halogens is 1. The molecule has 7 heteroatoms. The molecule has 1 spiro atoms. The van der Waals surface area contributed by atoms with Gasteiger partial charge in [-0.2, -0.15) is 0 Å². The normalized spacial score (nSPS) is 31.7. The minimum absolute atomic E-state index is 0. The van der Waals surface area contributed by atoms with E-state index in [2.05, 4.69) is 17.1 Å². The van der Waals surface area contributed by atoms with Crippen molar-refractivity contribution < 1.29 is 14.2 Å². The number of aliphatic imine (C=N–C) groups is 1. The van der Waals surface area contributed by atoms with Gasteiger partial charge in [0.2, 0.25) is 0 Å². The molecule has 0 aromatic rings. The second-order valence-corrected chi connectivity index (χ2v) is 8.65. The maximum Gasteiger partial charge on any atom is 0.194 e. The summed E-state index contributed by atoms with van der Waals surface area (Å²) in [5.74, 6) is 1.81. The van der Waals surface area contributed by atoms with E-state index in [-0.39, 0.29) is 24.0 Å². The number of methoxy groups -OCH3 is 1. The van der Waals surface area contributed by atoms with Crippen molar-refractivity contribution in [3.63, 3.8) is 0 Å². The Labute approximate surface area is 187 Å². The zero-order chi connectivity index (χ0) is 18.7. The van der Waals surface area contributed by atoms with E-state index in [4.69, 9.17) is 19.2 Å². The molecular weight excluding hydrogens is 469 g/mol. The number of nitrogens with one attached hydrogen (secondary N) is 1. The fraction of sp³-hybridized carbons (Fsp3) is 0.952. The first kappa shape index (κ1) is 22.6. The third-order valence-corrected chi connectivity index (χ3v) is 7.22. The van der Waals surface area contributed by atoms with Gasteiger partial charge >= 0.3 is 0 Å². The monoisotopic (exact) mass is 507 g/mol. The maximum atomic E-state index is 6.08. The van der Waals surface area contributed by atoms with Crippen LogP contribution in [0.5, 0.6) is 0 Å². The van der Waals surface area contributed by atoms with Gasteiger partial charge < -0.3 is 24.4 Å². The van der Waals surface area contributed by atoms with Crippen LogP contribution in [0.4, 0.5) is 0 Å². The van der Waals surface area contributed by atoms with Gasteiger partial charge in [-0.1, -0.05) is 6.42 Å². The van der Waals surface area contributed by atoms with Crippen LogP contribution in [0.15, 0.2) is 4.99 Å². The van der Waals surface area contributed by atoms with Crippen molar-refractivity contribution in [1.29, 1.82) is 0 Å². The van der Waals surface area contributed by atoms with Gasteiger partial charge in [0, 0.05) is 63.9 Å². The van der Waals surface area contributed by atoms with E-state index in [0.29, 0.717) is 29.6 Å². The number of likely N-dealkylation sites (tertiary alicyclic amines) is 1. The molecule has 3 unspecified atom stereocenters. The van der Waals surface area contributed by atoms with Crippen LogP contribution in [-0.4, -0.2) is 75.7 Å². The number of nitrogens with zero attached hydrogens (tertiary/aromatic N) is 2. The molecule has 0 radical (unpaired) electrons. The lowest BCUT2D eigenvalue weighted by Crippen LogP contribution is -2.72. The molecule has 6 nitrogen and oxygen atoms in total. The summed E-state index contributed by atoms with van der Waals surface area (Å²) in [6, 6.07) is 0.562. The smallest absolute Gasteiger partial charge is 0.194 e. The molecule has 3 atom stereocenters. The molecule has 0 bridgehead atoms. The highest BCUT2D eigenvalue weighted by Crippen LogP contribution is 2.62. The molecule has 0 aromatic heterocycles. The molecule has 2 saturated carbocycles. The summed E-state index contributed by atoms with van der Waals surface area (Å²) in [7, 11) is 1.75. The molecule has 28 heavy (non-hydrogen) atoms. The third-order valence-electron chi connectivity index (χ3n) is 7.22. The lowest BCUT2D eigenvalue weighted by atomic mass is 9.46. The molecular formula is C21H38IN3O3. The number of rotatable bonds is 7. The van der Waals surface area contributed by atoms with Crippen molar-refractivity contribution in [3.8, 4) is 0 Å². The Morgan fingerprint density at radius 1 is 1.21 bits per heavy atom. The molecule has 0 amide bonds. The molecule has 2 heterocycles. The van der Waals surface area contributed by atoms with Crippen molar-refractivity contribution in [1.82, 2.24) is 10.2 Å². The molecule has 162 valence electrons. The maximum absolute atomic E-state index is 6.08. The summed E-state index contributed by atoms with van der Waals surface area (Å²) in [5.41, 5.74) is 0.401.